The van der Waals surface area contributed by atoms with E-state index in [0.29, 0.717) is 11.4 Å². The molecule has 1 aromatic carbocycles. The molecule has 0 radical (unpaired) electrons. The standard InChI is InChI=1S/C13H10ClN3O4/c1-21-10-5-3-2-4-9(10)16-13(18)8-6-7-15-12(14)11(8)17(19)20/h2-7H,1H3,(H,16,18). The number of aromatic nitrogens is 1. The summed E-state index contributed by atoms with van der Waals surface area (Å²) in [5.41, 5.74) is -0.315. The van der Waals surface area contributed by atoms with Crippen LogP contribution in [0.4, 0.5) is 11.4 Å². The zero-order valence-electron chi connectivity index (χ0n) is 10.9. The maximum absolute atomic E-state index is 12.2. The lowest BCUT2D eigenvalue weighted by molar-refractivity contribution is -0.385. The molecule has 7 nitrogen and oxygen atoms in total. The van der Waals surface area contributed by atoms with Crippen LogP contribution in [0.3, 0.4) is 0 Å². The topological polar surface area (TPSA) is 94.4 Å². The highest BCUT2D eigenvalue weighted by Gasteiger charge is 2.25. The zero-order chi connectivity index (χ0) is 15.4. The van der Waals surface area contributed by atoms with E-state index in [0.717, 1.165) is 0 Å². The van der Waals surface area contributed by atoms with Gasteiger partial charge in [-0.15, -0.1) is 0 Å². The maximum Gasteiger partial charge on any atom is 0.319 e. The Kier molecular flexibility index (Phi) is 4.34. The number of amides is 1. The summed E-state index contributed by atoms with van der Waals surface area (Å²) in [6.45, 7) is 0. The number of nitrogens with one attached hydrogen (secondary N) is 1. The number of anilines is 1. The number of methoxy groups -OCH3 is 1. The molecule has 2 aromatic rings. The van der Waals surface area contributed by atoms with E-state index in [1.54, 1.807) is 24.3 Å². The molecule has 2 rings (SSSR count). The van der Waals surface area contributed by atoms with Crippen molar-refractivity contribution in [1.29, 1.82) is 0 Å². The minimum Gasteiger partial charge on any atom is -0.495 e. The van der Waals surface area contributed by atoms with Crippen LogP contribution in [0.2, 0.25) is 5.15 Å². The predicted molar refractivity (Wildman–Crippen MR) is 76.8 cm³/mol. The Morgan fingerprint density at radius 3 is 2.76 bits per heavy atom. The van der Waals surface area contributed by atoms with Gasteiger partial charge in [0, 0.05) is 6.20 Å². The Morgan fingerprint density at radius 1 is 1.38 bits per heavy atom. The van der Waals surface area contributed by atoms with E-state index in [2.05, 4.69) is 10.3 Å². The molecule has 0 fully saturated rings. The number of halogens is 1. The fourth-order valence-electron chi connectivity index (χ4n) is 1.72. The summed E-state index contributed by atoms with van der Waals surface area (Å²) in [7, 11) is 1.46. The third kappa shape index (κ3) is 3.09. The molecule has 0 saturated carbocycles. The van der Waals surface area contributed by atoms with Crippen LogP contribution in [-0.4, -0.2) is 22.9 Å². The molecule has 0 bridgehead atoms. The van der Waals surface area contributed by atoms with Crippen LogP contribution < -0.4 is 10.1 Å². The van der Waals surface area contributed by atoms with Crippen LogP contribution in [0.1, 0.15) is 10.4 Å². The van der Waals surface area contributed by atoms with Gasteiger partial charge in [-0.3, -0.25) is 14.9 Å². The number of para-hydroxylation sites is 2. The van der Waals surface area contributed by atoms with E-state index in [1.165, 1.54) is 19.4 Å². The van der Waals surface area contributed by atoms with Gasteiger partial charge in [-0.05, 0) is 18.2 Å². The van der Waals surface area contributed by atoms with Crippen molar-refractivity contribution in [2.24, 2.45) is 0 Å². The van der Waals surface area contributed by atoms with Crippen LogP contribution in [0.15, 0.2) is 36.5 Å². The molecule has 0 unspecified atom stereocenters. The van der Waals surface area contributed by atoms with Crippen molar-refractivity contribution in [2.45, 2.75) is 0 Å². The van der Waals surface area contributed by atoms with Gasteiger partial charge in [0.25, 0.3) is 5.91 Å². The number of hydrogen-bond acceptors (Lipinski definition) is 5. The molecule has 1 aromatic heterocycles. The van der Waals surface area contributed by atoms with Gasteiger partial charge < -0.3 is 10.1 Å². The van der Waals surface area contributed by atoms with Crippen LogP contribution in [0.5, 0.6) is 5.75 Å². The molecule has 0 spiro atoms. The van der Waals surface area contributed by atoms with Crippen molar-refractivity contribution in [2.75, 3.05) is 12.4 Å². The van der Waals surface area contributed by atoms with Gasteiger partial charge in [-0.2, -0.15) is 0 Å². The lowest BCUT2D eigenvalue weighted by atomic mass is 10.2. The fourth-order valence-corrected chi connectivity index (χ4v) is 1.95. The number of carbonyl (C=O) groups is 1. The van der Waals surface area contributed by atoms with Gasteiger partial charge in [0.1, 0.15) is 11.3 Å². The highest BCUT2D eigenvalue weighted by molar-refractivity contribution is 6.32. The Bertz CT molecular complexity index is 706. The summed E-state index contributed by atoms with van der Waals surface area (Å²) in [4.78, 5) is 26.1. The Morgan fingerprint density at radius 2 is 2.10 bits per heavy atom. The number of pyridine rings is 1. The van der Waals surface area contributed by atoms with Crippen LogP contribution >= 0.6 is 11.6 Å². The van der Waals surface area contributed by atoms with E-state index in [-0.39, 0.29) is 10.7 Å². The predicted octanol–water partition coefficient (Wildman–Crippen LogP) is 2.90. The minimum atomic E-state index is -0.744. The zero-order valence-corrected chi connectivity index (χ0v) is 11.6. The first-order chi connectivity index (χ1) is 10.0. The number of rotatable bonds is 4. The van der Waals surface area contributed by atoms with Gasteiger partial charge in [0.15, 0.2) is 0 Å². The normalized spacial score (nSPS) is 10.0. The fraction of sp³-hybridized carbons (Fsp3) is 0.0769. The molecule has 8 heteroatoms. The molecule has 0 aliphatic carbocycles. The number of nitrogens with zero attached hydrogens (tertiary/aromatic N) is 2. The first kappa shape index (κ1) is 14.7. The molecular weight excluding hydrogens is 298 g/mol. The van der Waals surface area contributed by atoms with Crippen molar-refractivity contribution in [3.05, 3.63) is 57.4 Å². The van der Waals surface area contributed by atoms with Crippen LogP contribution in [0, 0.1) is 10.1 Å². The van der Waals surface area contributed by atoms with Gasteiger partial charge in [-0.25, -0.2) is 4.98 Å². The summed E-state index contributed by atoms with van der Waals surface area (Å²) in [5, 5.41) is 13.2. The molecule has 0 aliphatic heterocycles. The smallest absolute Gasteiger partial charge is 0.319 e. The summed E-state index contributed by atoms with van der Waals surface area (Å²) in [6, 6.07) is 7.94. The highest BCUT2D eigenvalue weighted by Crippen LogP contribution is 2.28. The van der Waals surface area contributed by atoms with Crippen LogP contribution in [0.25, 0.3) is 0 Å². The molecule has 0 aliphatic rings. The first-order valence-electron chi connectivity index (χ1n) is 5.78. The second-order valence-corrected chi connectivity index (χ2v) is 4.27. The summed E-state index contributed by atoms with van der Waals surface area (Å²) in [5.74, 6) is -0.232. The van der Waals surface area contributed by atoms with E-state index in [4.69, 9.17) is 16.3 Å². The molecule has 108 valence electrons. The molecule has 1 heterocycles. The lowest BCUT2D eigenvalue weighted by Gasteiger charge is -2.10. The van der Waals surface area contributed by atoms with Crippen molar-refractivity contribution in [3.8, 4) is 5.75 Å². The lowest BCUT2D eigenvalue weighted by Crippen LogP contribution is -2.15. The van der Waals surface area contributed by atoms with E-state index in [9.17, 15) is 14.9 Å². The Balaban J connectivity index is 2.38. The van der Waals surface area contributed by atoms with Crippen molar-refractivity contribution >= 4 is 28.9 Å². The summed E-state index contributed by atoms with van der Waals surface area (Å²) >= 11 is 5.67. The third-order valence-corrected chi connectivity index (χ3v) is 2.94. The second-order valence-electron chi connectivity index (χ2n) is 3.91. The Labute approximate surface area is 124 Å². The van der Waals surface area contributed by atoms with Gasteiger partial charge in [0.2, 0.25) is 5.15 Å². The summed E-state index contributed by atoms with van der Waals surface area (Å²) in [6.07, 6.45) is 1.23. The van der Waals surface area contributed by atoms with Crippen molar-refractivity contribution < 1.29 is 14.5 Å². The second kappa shape index (κ2) is 6.19. The number of ether oxygens (including phenoxy) is 1. The number of hydrogen-bond donors (Lipinski definition) is 1. The average molecular weight is 308 g/mol. The van der Waals surface area contributed by atoms with Crippen LogP contribution in [-0.2, 0) is 0 Å². The number of benzene rings is 1. The average Bonchev–Trinajstić information content (AvgIpc) is 2.47. The minimum absolute atomic E-state index is 0.175. The van der Waals surface area contributed by atoms with Gasteiger partial charge >= 0.3 is 5.69 Å². The number of nitro groups is 1. The first-order valence-corrected chi connectivity index (χ1v) is 6.15. The van der Waals surface area contributed by atoms with Gasteiger partial charge in [-0.1, -0.05) is 23.7 Å². The maximum atomic E-state index is 12.2. The van der Waals surface area contributed by atoms with Gasteiger partial charge in [0.05, 0.1) is 17.7 Å². The van der Waals surface area contributed by atoms with Crippen molar-refractivity contribution in [1.82, 2.24) is 4.98 Å². The molecular formula is C13H10ClN3O4. The Hall–Kier alpha value is -2.67. The van der Waals surface area contributed by atoms with E-state index >= 15 is 0 Å². The molecule has 21 heavy (non-hydrogen) atoms. The highest BCUT2D eigenvalue weighted by atomic mass is 35.5. The molecule has 1 N–H and O–H groups in total. The van der Waals surface area contributed by atoms with E-state index < -0.39 is 16.5 Å². The molecule has 0 atom stereocenters. The molecule has 0 saturated heterocycles. The summed E-state index contributed by atoms with van der Waals surface area (Å²) < 4.78 is 5.10. The van der Waals surface area contributed by atoms with Crippen molar-refractivity contribution in [3.63, 3.8) is 0 Å². The molecule has 1 amide bonds. The third-order valence-electron chi connectivity index (χ3n) is 2.66. The van der Waals surface area contributed by atoms with E-state index in [1.807, 2.05) is 0 Å². The largest absolute Gasteiger partial charge is 0.495 e. The SMILES string of the molecule is COc1ccccc1NC(=O)c1ccnc(Cl)c1[N+](=O)[O-]. The quantitative estimate of drug-likeness (QED) is 0.532. The monoisotopic (exact) mass is 307 g/mol. The number of carbonyl (C=O) groups excluding carboxylic acids is 1.